The Kier molecular flexibility index (Phi) is 5.27. The summed E-state index contributed by atoms with van der Waals surface area (Å²) in [4.78, 5) is 14.2. The zero-order chi connectivity index (χ0) is 15.4. The van der Waals surface area contributed by atoms with Gasteiger partial charge >= 0.3 is 0 Å². The van der Waals surface area contributed by atoms with Gasteiger partial charge in [0.2, 0.25) is 0 Å². The Morgan fingerprint density at radius 3 is 2.52 bits per heavy atom. The molecule has 1 amide bonds. The van der Waals surface area contributed by atoms with Gasteiger partial charge in [-0.15, -0.1) is 0 Å². The van der Waals surface area contributed by atoms with Gasteiger partial charge in [0.25, 0.3) is 5.91 Å². The number of hydrogen-bond acceptors (Lipinski definition) is 2. The normalized spacial score (nSPS) is 15.8. The van der Waals surface area contributed by atoms with Gasteiger partial charge in [0, 0.05) is 13.1 Å². The maximum absolute atomic E-state index is 12.3. The molecule has 0 unspecified atom stereocenters. The molecule has 21 heavy (non-hydrogen) atoms. The number of carbonyl (C=O) groups is 1. The lowest BCUT2D eigenvalue weighted by Crippen LogP contribution is -2.40. The van der Waals surface area contributed by atoms with Gasteiger partial charge in [0.15, 0.2) is 6.61 Å². The minimum Gasteiger partial charge on any atom is -0.483 e. The molecule has 0 N–H and O–H groups in total. The number of carbonyl (C=O) groups excluding carboxylic acids is 1. The third-order valence-corrected chi connectivity index (χ3v) is 4.63. The number of hydrogen-bond donors (Lipinski definition) is 0. The maximum atomic E-state index is 12.3. The minimum absolute atomic E-state index is 0.0838. The molecule has 0 heterocycles. The van der Waals surface area contributed by atoms with Crippen molar-refractivity contribution in [3.8, 4) is 5.75 Å². The smallest absolute Gasteiger partial charge is 0.260 e. The van der Waals surface area contributed by atoms with Crippen molar-refractivity contribution in [2.24, 2.45) is 0 Å². The molecule has 1 aliphatic carbocycles. The monoisotopic (exact) mass is 289 g/mol. The first kappa shape index (κ1) is 15.9. The SMILES string of the molecule is Cc1cc(C)c(C)c(OCC(=O)N(C)C2CCCCC2)c1. The fourth-order valence-corrected chi connectivity index (χ4v) is 3.06. The van der Waals surface area contributed by atoms with Gasteiger partial charge in [-0.2, -0.15) is 0 Å². The quantitative estimate of drug-likeness (QED) is 0.844. The molecule has 0 bridgehead atoms. The van der Waals surface area contributed by atoms with Crippen molar-refractivity contribution in [3.05, 3.63) is 28.8 Å². The average molecular weight is 289 g/mol. The number of amides is 1. The molecule has 1 aromatic carbocycles. The summed E-state index contributed by atoms with van der Waals surface area (Å²) in [6.07, 6.45) is 6.03. The van der Waals surface area contributed by atoms with Crippen LogP contribution in [0.15, 0.2) is 12.1 Å². The molecule has 0 saturated heterocycles. The molecule has 0 atom stereocenters. The zero-order valence-corrected chi connectivity index (χ0v) is 13.7. The first-order chi connectivity index (χ1) is 9.99. The van der Waals surface area contributed by atoms with E-state index < -0.39 is 0 Å². The zero-order valence-electron chi connectivity index (χ0n) is 13.7. The van der Waals surface area contributed by atoms with Crippen LogP contribution in [0.25, 0.3) is 0 Å². The lowest BCUT2D eigenvalue weighted by Gasteiger charge is -2.31. The molecule has 1 fully saturated rings. The summed E-state index contributed by atoms with van der Waals surface area (Å²) in [5.41, 5.74) is 3.49. The highest BCUT2D eigenvalue weighted by molar-refractivity contribution is 5.77. The number of ether oxygens (including phenoxy) is 1. The lowest BCUT2D eigenvalue weighted by atomic mass is 9.94. The van der Waals surface area contributed by atoms with Crippen molar-refractivity contribution >= 4 is 5.91 Å². The van der Waals surface area contributed by atoms with Gasteiger partial charge in [-0.25, -0.2) is 0 Å². The summed E-state index contributed by atoms with van der Waals surface area (Å²) in [5.74, 6) is 0.915. The van der Waals surface area contributed by atoms with Crippen molar-refractivity contribution in [1.82, 2.24) is 4.90 Å². The number of rotatable bonds is 4. The van der Waals surface area contributed by atoms with Gasteiger partial charge in [0.1, 0.15) is 5.75 Å². The summed E-state index contributed by atoms with van der Waals surface area (Å²) in [6.45, 7) is 6.30. The van der Waals surface area contributed by atoms with E-state index in [2.05, 4.69) is 19.9 Å². The van der Waals surface area contributed by atoms with E-state index >= 15 is 0 Å². The standard InChI is InChI=1S/C18H27NO2/c1-13-10-14(2)15(3)17(11-13)21-12-18(20)19(4)16-8-6-5-7-9-16/h10-11,16H,5-9,12H2,1-4H3. The van der Waals surface area contributed by atoms with Crippen molar-refractivity contribution in [1.29, 1.82) is 0 Å². The number of nitrogens with zero attached hydrogens (tertiary/aromatic N) is 1. The first-order valence-corrected chi connectivity index (χ1v) is 7.95. The summed E-state index contributed by atoms with van der Waals surface area (Å²) >= 11 is 0. The largest absolute Gasteiger partial charge is 0.483 e. The third-order valence-electron chi connectivity index (χ3n) is 4.63. The van der Waals surface area contributed by atoms with E-state index in [1.807, 2.05) is 24.9 Å². The van der Waals surface area contributed by atoms with Crippen LogP contribution >= 0.6 is 0 Å². The van der Waals surface area contributed by atoms with Crippen LogP contribution in [0.2, 0.25) is 0 Å². The second-order valence-electron chi connectivity index (χ2n) is 6.29. The summed E-state index contributed by atoms with van der Waals surface area (Å²) in [6, 6.07) is 4.55. The van der Waals surface area contributed by atoms with Gasteiger partial charge in [0.05, 0.1) is 0 Å². The Morgan fingerprint density at radius 1 is 1.19 bits per heavy atom. The molecule has 0 aliphatic heterocycles. The van der Waals surface area contributed by atoms with Crippen molar-refractivity contribution < 1.29 is 9.53 Å². The highest BCUT2D eigenvalue weighted by atomic mass is 16.5. The molecule has 1 saturated carbocycles. The number of aryl methyl sites for hydroxylation is 2. The molecule has 1 aromatic rings. The van der Waals surface area contributed by atoms with Crippen LogP contribution in [-0.4, -0.2) is 30.5 Å². The predicted octanol–water partition coefficient (Wildman–Crippen LogP) is 3.78. The number of likely N-dealkylation sites (N-methyl/N-ethyl adjacent to an activating group) is 1. The Hall–Kier alpha value is -1.51. The average Bonchev–Trinajstić information content (AvgIpc) is 2.49. The van der Waals surface area contributed by atoms with E-state index in [0.717, 1.165) is 24.2 Å². The maximum Gasteiger partial charge on any atom is 0.260 e. The lowest BCUT2D eigenvalue weighted by molar-refractivity contribution is -0.134. The molecule has 2 rings (SSSR count). The molecule has 0 spiro atoms. The van der Waals surface area contributed by atoms with Gasteiger partial charge < -0.3 is 9.64 Å². The topological polar surface area (TPSA) is 29.5 Å². The highest BCUT2D eigenvalue weighted by Crippen LogP contribution is 2.24. The Bertz CT molecular complexity index is 504. The molecule has 116 valence electrons. The van der Waals surface area contributed by atoms with Crippen LogP contribution in [-0.2, 0) is 4.79 Å². The Balaban J connectivity index is 1.94. The van der Waals surface area contributed by atoms with E-state index in [1.54, 1.807) is 0 Å². The van der Waals surface area contributed by atoms with E-state index in [0.29, 0.717) is 6.04 Å². The van der Waals surface area contributed by atoms with E-state index in [-0.39, 0.29) is 12.5 Å². The molecule has 3 heteroatoms. The molecular formula is C18H27NO2. The first-order valence-electron chi connectivity index (χ1n) is 7.95. The van der Waals surface area contributed by atoms with Crippen LogP contribution in [0.1, 0.15) is 48.8 Å². The van der Waals surface area contributed by atoms with Gasteiger partial charge in [-0.05, 0) is 56.4 Å². The summed E-state index contributed by atoms with van der Waals surface area (Å²) < 4.78 is 5.78. The molecule has 0 radical (unpaired) electrons. The van der Waals surface area contributed by atoms with Gasteiger partial charge in [-0.1, -0.05) is 25.3 Å². The molecule has 1 aliphatic rings. The molecule has 3 nitrogen and oxygen atoms in total. The van der Waals surface area contributed by atoms with Gasteiger partial charge in [-0.3, -0.25) is 4.79 Å². The fourth-order valence-electron chi connectivity index (χ4n) is 3.06. The van der Waals surface area contributed by atoms with Crippen LogP contribution in [0, 0.1) is 20.8 Å². The fraction of sp³-hybridized carbons (Fsp3) is 0.611. The highest BCUT2D eigenvalue weighted by Gasteiger charge is 2.22. The van der Waals surface area contributed by atoms with Crippen LogP contribution in [0.4, 0.5) is 0 Å². The van der Waals surface area contributed by atoms with E-state index in [4.69, 9.17) is 4.74 Å². The van der Waals surface area contributed by atoms with Crippen LogP contribution in [0.3, 0.4) is 0 Å². The Labute approximate surface area is 128 Å². The second kappa shape index (κ2) is 6.97. The molecule has 0 aromatic heterocycles. The van der Waals surface area contributed by atoms with Crippen LogP contribution < -0.4 is 4.74 Å². The summed E-state index contributed by atoms with van der Waals surface area (Å²) in [5, 5.41) is 0. The van der Waals surface area contributed by atoms with E-state index in [9.17, 15) is 4.79 Å². The Morgan fingerprint density at radius 2 is 1.86 bits per heavy atom. The predicted molar refractivity (Wildman–Crippen MR) is 85.8 cm³/mol. The molecular weight excluding hydrogens is 262 g/mol. The summed E-state index contributed by atoms with van der Waals surface area (Å²) in [7, 11) is 1.91. The van der Waals surface area contributed by atoms with Crippen molar-refractivity contribution in [3.63, 3.8) is 0 Å². The third kappa shape index (κ3) is 3.99. The minimum atomic E-state index is 0.0838. The van der Waals surface area contributed by atoms with Crippen molar-refractivity contribution in [2.45, 2.75) is 58.9 Å². The second-order valence-corrected chi connectivity index (χ2v) is 6.29. The van der Waals surface area contributed by atoms with Crippen molar-refractivity contribution in [2.75, 3.05) is 13.7 Å². The van der Waals surface area contributed by atoms with E-state index in [1.165, 1.54) is 30.4 Å². The van der Waals surface area contributed by atoms with Crippen LogP contribution in [0.5, 0.6) is 5.75 Å². The number of benzene rings is 1.